The topological polar surface area (TPSA) is 35.5 Å². The van der Waals surface area contributed by atoms with E-state index in [1.165, 1.54) is 70.6 Å². The van der Waals surface area contributed by atoms with Gasteiger partial charge in [-0.2, -0.15) is 0 Å². The average Bonchev–Trinajstić information content (AvgIpc) is 2.66. The Labute approximate surface area is 160 Å². The molecule has 0 atom stereocenters. The normalized spacial score (nSPS) is 10.7. The molecule has 0 saturated heterocycles. The first-order chi connectivity index (χ1) is 12.8. The van der Waals surface area contributed by atoms with Crippen LogP contribution in [0.2, 0.25) is 0 Å². The van der Waals surface area contributed by atoms with Crippen LogP contribution in [0.15, 0.2) is 24.3 Å². The summed E-state index contributed by atoms with van der Waals surface area (Å²) in [6.07, 6.45) is 16.2. The maximum atomic E-state index is 11.6. The van der Waals surface area contributed by atoms with Gasteiger partial charge in [0.1, 0.15) is 5.75 Å². The van der Waals surface area contributed by atoms with Crippen molar-refractivity contribution in [2.75, 3.05) is 13.2 Å². The van der Waals surface area contributed by atoms with Gasteiger partial charge < -0.3 is 9.47 Å². The highest BCUT2D eigenvalue weighted by Gasteiger charge is 2.05. The summed E-state index contributed by atoms with van der Waals surface area (Å²) in [6.45, 7) is 5.23. The molecule has 0 spiro atoms. The van der Waals surface area contributed by atoms with Crippen LogP contribution in [-0.2, 0) is 4.74 Å². The van der Waals surface area contributed by atoms with Crippen LogP contribution in [0.25, 0.3) is 0 Å². The van der Waals surface area contributed by atoms with Crippen molar-refractivity contribution in [2.45, 2.75) is 90.9 Å². The molecule has 0 N–H and O–H groups in total. The zero-order valence-electron chi connectivity index (χ0n) is 16.9. The quantitative estimate of drug-likeness (QED) is 0.236. The van der Waals surface area contributed by atoms with Gasteiger partial charge in [0.25, 0.3) is 0 Å². The number of hydrogen-bond acceptors (Lipinski definition) is 3. The van der Waals surface area contributed by atoms with Gasteiger partial charge in [0.15, 0.2) is 0 Å². The van der Waals surface area contributed by atoms with Gasteiger partial charge in [0.05, 0.1) is 18.8 Å². The first-order valence-corrected chi connectivity index (χ1v) is 10.7. The Morgan fingerprint density at radius 3 is 1.73 bits per heavy atom. The molecule has 148 valence electrons. The first kappa shape index (κ1) is 22.5. The van der Waals surface area contributed by atoms with Gasteiger partial charge in [0, 0.05) is 0 Å². The Bertz CT molecular complexity index is 453. The third-order valence-electron chi connectivity index (χ3n) is 4.63. The van der Waals surface area contributed by atoms with E-state index in [0.717, 1.165) is 18.8 Å². The molecule has 0 radical (unpaired) electrons. The Hall–Kier alpha value is -1.51. The van der Waals surface area contributed by atoms with Crippen LogP contribution in [0.1, 0.15) is 101 Å². The van der Waals surface area contributed by atoms with E-state index in [9.17, 15) is 4.79 Å². The van der Waals surface area contributed by atoms with Gasteiger partial charge in [-0.25, -0.2) is 4.79 Å². The molecule has 0 fully saturated rings. The van der Waals surface area contributed by atoms with Gasteiger partial charge in [-0.1, -0.05) is 77.6 Å². The van der Waals surface area contributed by atoms with Crippen molar-refractivity contribution in [3.05, 3.63) is 29.8 Å². The fourth-order valence-corrected chi connectivity index (χ4v) is 3.03. The summed E-state index contributed by atoms with van der Waals surface area (Å²) in [7, 11) is 0. The predicted molar refractivity (Wildman–Crippen MR) is 109 cm³/mol. The number of carbonyl (C=O) groups excluding carboxylic acids is 1. The highest BCUT2D eigenvalue weighted by molar-refractivity contribution is 5.89. The van der Waals surface area contributed by atoms with Gasteiger partial charge in [-0.15, -0.1) is 0 Å². The fourth-order valence-electron chi connectivity index (χ4n) is 3.03. The third kappa shape index (κ3) is 11.2. The molecule has 1 aromatic rings. The van der Waals surface area contributed by atoms with Crippen molar-refractivity contribution in [1.29, 1.82) is 0 Å². The Balaban J connectivity index is 1.93. The van der Waals surface area contributed by atoms with Gasteiger partial charge >= 0.3 is 5.97 Å². The smallest absolute Gasteiger partial charge is 0.338 e. The van der Waals surface area contributed by atoms with Crippen LogP contribution >= 0.6 is 0 Å². The van der Waals surface area contributed by atoms with E-state index in [1.807, 2.05) is 19.1 Å². The minimum absolute atomic E-state index is 0.278. The minimum Gasteiger partial charge on any atom is -0.494 e. The molecule has 3 heteroatoms. The van der Waals surface area contributed by atoms with Crippen LogP contribution in [0.3, 0.4) is 0 Å². The monoisotopic (exact) mass is 362 g/mol. The number of esters is 1. The van der Waals surface area contributed by atoms with E-state index in [4.69, 9.17) is 9.47 Å². The number of benzene rings is 1. The van der Waals surface area contributed by atoms with Gasteiger partial charge in [-0.05, 0) is 37.6 Å². The van der Waals surface area contributed by atoms with E-state index >= 15 is 0 Å². The van der Waals surface area contributed by atoms with Crippen LogP contribution in [0.4, 0.5) is 0 Å². The maximum absolute atomic E-state index is 11.6. The Morgan fingerprint density at radius 2 is 1.23 bits per heavy atom. The molecule has 1 rings (SSSR count). The van der Waals surface area contributed by atoms with Gasteiger partial charge in [-0.3, -0.25) is 0 Å². The summed E-state index contributed by atoms with van der Waals surface area (Å²) in [4.78, 5) is 11.6. The van der Waals surface area contributed by atoms with Crippen LogP contribution in [0.5, 0.6) is 5.75 Å². The summed E-state index contributed by atoms with van der Waals surface area (Å²) >= 11 is 0. The molecular formula is C23H38O3. The van der Waals surface area contributed by atoms with E-state index in [-0.39, 0.29) is 5.97 Å². The van der Waals surface area contributed by atoms with Gasteiger partial charge in [0.2, 0.25) is 0 Å². The molecule has 1 aromatic carbocycles. The van der Waals surface area contributed by atoms with Crippen molar-refractivity contribution >= 4 is 5.97 Å². The molecule has 0 amide bonds. The van der Waals surface area contributed by atoms with Crippen LogP contribution in [-0.4, -0.2) is 19.2 Å². The minimum atomic E-state index is -0.278. The number of rotatable bonds is 16. The second kappa shape index (κ2) is 15.7. The second-order valence-electron chi connectivity index (χ2n) is 6.98. The summed E-state index contributed by atoms with van der Waals surface area (Å²) in [5, 5.41) is 0. The molecule has 0 bridgehead atoms. The zero-order chi connectivity index (χ0) is 18.9. The highest BCUT2D eigenvalue weighted by Crippen LogP contribution is 2.15. The maximum Gasteiger partial charge on any atom is 0.338 e. The first-order valence-electron chi connectivity index (χ1n) is 10.7. The van der Waals surface area contributed by atoms with E-state index in [1.54, 1.807) is 12.1 Å². The number of ether oxygens (including phenoxy) is 2. The Kier molecular flexibility index (Phi) is 13.6. The molecule has 0 aromatic heterocycles. The molecule has 26 heavy (non-hydrogen) atoms. The van der Waals surface area contributed by atoms with Crippen LogP contribution in [0, 0.1) is 0 Å². The van der Waals surface area contributed by atoms with E-state index in [0.29, 0.717) is 12.2 Å². The molecule has 0 unspecified atom stereocenters. The summed E-state index contributed by atoms with van der Waals surface area (Å²) < 4.78 is 10.7. The lowest BCUT2D eigenvalue weighted by Gasteiger charge is -2.07. The fraction of sp³-hybridized carbons (Fsp3) is 0.696. The zero-order valence-corrected chi connectivity index (χ0v) is 16.9. The number of carbonyl (C=O) groups is 1. The Morgan fingerprint density at radius 1 is 0.731 bits per heavy atom. The molecule has 0 heterocycles. The van der Waals surface area contributed by atoms with Crippen molar-refractivity contribution in [1.82, 2.24) is 0 Å². The average molecular weight is 363 g/mol. The van der Waals surface area contributed by atoms with Crippen molar-refractivity contribution in [3.63, 3.8) is 0 Å². The van der Waals surface area contributed by atoms with E-state index in [2.05, 4.69) is 6.92 Å². The van der Waals surface area contributed by atoms with Crippen LogP contribution < -0.4 is 4.74 Å². The van der Waals surface area contributed by atoms with Crippen molar-refractivity contribution in [3.8, 4) is 5.75 Å². The standard InChI is InChI=1S/C23H38O3/c1-3-5-6-7-8-9-10-11-12-13-14-15-20-26-22-18-16-21(17-19-22)23(24)25-4-2/h16-19H,3-15,20H2,1-2H3. The second-order valence-corrected chi connectivity index (χ2v) is 6.98. The lowest BCUT2D eigenvalue weighted by molar-refractivity contribution is 0.0526. The molecule has 3 nitrogen and oxygen atoms in total. The molecule has 0 aliphatic carbocycles. The molecule has 0 saturated carbocycles. The molecular weight excluding hydrogens is 324 g/mol. The number of unbranched alkanes of at least 4 members (excludes halogenated alkanes) is 11. The molecule has 0 aliphatic rings. The third-order valence-corrected chi connectivity index (χ3v) is 4.63. The lowest BCUT2D eigenvalue weighted by Crippen LogP contribution is -2.04. The van der Waals surface area contributed by atoms with Crippen molar-refractivity contribution in [2.24, 2.45) is 0 Å². The lowest BCUT2D eigenvalue weighted by atomic mass is 10.1. The predicted octanol–water partition coefficient (Wildman–Crippen LogP) is 6.94. The van der Waals surface area contributed by atoms with Crippen molar-refractivity contribution < 1.29 is 14.3 Å². The molecule has 0 aliphatic heterocycles. The summed E-state index contributed by atoms with van der Waals surface area (Å²) in [5.41, 5.74) is 0.574. The SMILES string of the molecule is CCCCCCCCCCCCCCOc1ccc(C(=O)OCC)cc1. The number of hydrogen-bond donors (Lipinski definition) is 0. The highest BCUT2D eigenvalue weighted by atomic mass is 16.5. The summed E-state index contributed by atoms with van der Waals surface area (Å²) in [6, 6.07) is 7.20. The largest absolute Gasteiger partial charge is 0.494 e. The summed E-state index contributed by atoms with van der Waals surface area (Å²) in [5.74, 6) is 0.543. The van der Waals surface area contributed by atoms with E-state index < -0.39 is 0 Å².